The van der Waals surface area contributed by atoms with Crippen LogP contribution in [0.4, 0.5) is 0 Å². The van der Waals surface area contributed by atoms with Crippen LogP contribution in [0.15, 0.2) is 6.07 Å². The second-order valence-corrected chi connectivity index (χ2v) is 3.09. The Morgan fingerprint density at radius 3 is 2.29 bits per heavy atom. The molecule has 0 spiro atoms. The predicted molar refractivity (Wildman–Crippen MR) is 53.2 cm³/mol. The summed E-state index contributed by atoms with van der Waals surface area (Å²) in [4.78, 5) is 21.5. The van der Waals surface area contributed by atoms with Crippen molar-refractivity contribution in [3.8, 4) is 5.75 Å². The van der Waals surface area contributed by atoms with Gasteiger partial charge in [-0.1, -0.05) is 0 Å². The first kappa shape index (κ1) is 10.4. The number of aldehydes is 2. The SMILES string of the molecule is COc1c(C)cc(C=O)c(C)c1C=O. The van der Waals surface area contributed by atoms with Gasteiger partial charge in [-0.25, -0.2) is 0 Å². The lowest BCUT2D eigenvalue weighted by atomic mass is 9.99. The molecule has 0 aliphatic carbocycles. The maximum absolute atomic E-state index is 10.8. The van der Waals surface area contributed by atoms with E-state index in [9.17, 15) is 9.59 Å². The molecule has 0 bridgehead atoms. The zero-order chi connectivity index (χ0) is 10.7. The number of ether oxygens (including phenoxy) is 1. The van der Waals surface area contributed by atoms with Crippen LogP contribution in [0.5, 0.6) is 5.75 Å². The Labute approximate surface area is 82.7 Å². The molecule has 3 nitrogen and oxygen atoms in total. The molecule has 0 radical (unpaired) electrons. The Morgan fingerprint density at radius 2 is 1.86 bits per heavy atom. The molecule has 0 aromatic heterocycles. The van der Waals surface area contributed by atoms with Crippen molar-refractivity contribution in [3.05, 3.63) is 28.3 Å². The van der Waals surface area contributed by atoms with Crippen LogP contribution < -0.4 is 4.74 Å². The zero-order valence-electron chi connectivity index (χ0n) is 8.46. The summed E-state index contributed by atoms with van der Waals surface area (Å²) >= 11 is 0. The lowest BCUT2D eigenvalue weighted by Gasteiger charge is -2.11. The van der Waals surface area contributed by atoms with Crippen molar-refractivity contribution >= 4 is 12.6 Å². The van der Waals surface area contributed by atoms with E-state index in [4.69, 9.17) is 4.74 Å². The molecule has 74 valence electrons. The van der Waals surface area contributed by atoms with E-state index in [-0.39, 0.29) is 0 Å². The van der Waals surface area contributed by atoms with Crippen LogP contribution >= 0.6 is 0 Å². The van der Waals surface area contributed by atoms with Gasteiger partial charge in [-0.15, -0.1) is 0 Å². The maximum Gasteiger partial charge on any atom is 0.154 e. The number of benzene rings is 1. The minimum absolute atomic E-state index is 0.453. The van der Waals surface area contributed by atoms with Crippen LogP contribution in [0, 0.1) is 13.8 Å². The van der Waals surface area contributed by atoms with Gasteiger partial charge in [0.25, 0.3) is 0 Å². The van der Waals surface area contributed by atoms with Gasteiger partial charge in [0.1, 0.15) is 12.0 Å². The molecule has 0 aliphatic heterocycles. The Kier molecular flexibility index (Phi) is 3.02. The third-order valence-electron chi connectivity index (χ3n) is 2.26. The van der Waals surface area contributed by atoms with Gasteiger partial charge in [0.05, 0.1) is 12.7 Å². The highest BCUT2D eigenvalue weighted by Crippen LogP contribution is 2.27. The van der Waals surface area contributed by atoms with Gasteiger partial charge >= 0.3 is 0 Å². The standard InChI is InChI=1S/C11H12O3/c1-7-4-9(5-12)8(2)10(6-13)11(7)14-3/h4-6H,1-3H3. The molecule has 0 aliphatic rings. The first-order valence-corrected chi connectivity index (χ1v) is 4.24. The Hall–Kier alpha value is -1.64. The minimum Gasteiger partial charge on any atom is -0.496 e. The molecular weight excluding hydrogens is 180 g/mol. The molecule has 14 heavy (non-hydrogen) atoms. The van der Waals surface area contributed by atoms with Gasteiger partial charge in [0.2, 0.25) is 0 Å². The molecule has 1 aromatic rings. The summed E-state index contributed by atoms with van der Waals surface area (Å²) in [5.41, 5.74) is 2.44. The number of rotatable bonds is 3. The molecule has 0 N–H and O–H groups in total. The van der Waals surface area contributed by atoms with Crippen molar-refractivity contribution in [2.24, 2.45) is 0 Å². The number of hydrogen-bond donors (Lipinski definition) is 0. The molecule has 0 fully saturated rings. The number of methoxy groups -OCH3 is 1. The fourth-order valence-corrected chi connectivity index (χ4v) is 1.48. The average molecular weight is 192 g/mol. The van der Waals surface area contributed by atoms with Crippen LogP contribution in [0.2, 0.25) is 0 Å². The number of carbonyl (C=O) groups is 2. The van der Waals surface area contributed by atoms with Crippen molar-refractivity contribution < 1.29 is 14.3 Å². The van der Waals surface area contributed by atoms with Crippen LogP contribution in [0.1, 0.15) is 31.8 Å². The summed E-state index contributed by atoms with van der Waals surface area (Å²) in [5, 5.41) is 0. The molecule has 0 saturated heterocycles. The topological polar surface area (TPSA) is 43.4 Å². The van der Waals surface area contributed by atoms with Gasteiger partial charge in [0.15, 0.2) is 6.29 Å². The minimum atomic E-state index is 0.453. The van der Waals surface area contributed by atoms with E-state index in [0.717, 1.165) is 11.8 Å². The third-order valence-corrected chi connectivity index (χ3v) is 2.26. The zero-order valence-corrected chi connectivity index (χ0v) is 8.46. The van der Waals surface area contributed by atoms with Crippen LogP contribution in [-0.2, 0) is 0 Å². The summed E-state index contributed by atoms with van der Waals surface area (Å²) in [6, 6.07) is 1.72. The molecule has 1 aromatic carbocycles. The van der Waals surface area contributed by atoms with Crippen molar-refractivity contribution in [2.75, 3.05) is 7.11 Å². The van der Waals surface area contributed by atoms with Crippen molar-refractivity contribution in [3.63, 3.8) is 0 Å². The van der Waals surface area contributed by atoms with Crippen LogP contribution in [0.3, 0.4) is 0 Å². The highest BCUT2D eigenvalue weighted by molar-refractivity contribution is 5.89. The number of carbonyl (C=O) groups excluding carboxylic acids is 2. The maximum atomic E-state index is 10.8. The van der Waals surface area contributed by atoms with Crippen LogP contribution in [0.25, 0.3) is 0 Å². The first-order valence-electron chi connectivity index (χ1n) is 4.24. The van der Waals surface area contributed by atoms with E-state index in [0.29, 0.717) is 28.7 Å². The molecule has 3 heteroatoms. The van der Waals surface area contributed by atoms with Crippen molar-refractivity contribution in [1.29, 1.82) is 0 Å². The second-order valence-electron chi connectivity index (χ2n) is 3.09. The summed E-state index contributed by atoms with van der Waals surface area (Å²) in [6.45, 7) is 3.54. The van der Waals surface area contributed by atoms with Crippen molar-refractivity contribution in [2.45, 2.75) is 13.8 Å². The first-order chi connectivity index (χ1) is 6.65. The summed E-state index contributed by atoms with van der Waals surface area (Å²) < 4.78 is 5.10. The van der Waals surface area contributed by atoms with Gasteiger partial charge < -0.3 is 4.74 Å². The molecular formula is C11H12O3. The molecule has 1 rings (SSSR count). The Bertz CT molecular complexity index is 381. The van der Waals surface area contributed by atoms with E-state index in [1.165, 1.54) is 7.11 Å². The smallest absolute Gasteiger partial charge is 0.154 e. The Balaban J connectivity index is 3.55. The van der Waals surface area contributed by atoms with Gasteiger partial charge in [-0.2, -0.15) is 0 Å². The van der Waals surface area contributed by atoms with E-state index in [2.05, 4.69) is 0 Å². The lowest BCUT2D eigenvalue weighted by molar-refractivity contribution is 0.111. The molecule has 0 amide bonds. The third kappa shape index (κ3) is 1.53. The second kappa shape index (κ2) is 4.05. The average Bonchev–Trinajstić information content (AvgIpc) is 2.20. The normalized spacial score (nSPS) is 9.64. The van der Waals surface area contributed by atoms with Gasteiger partial charge in [-0.3, -0.25) is 9.59 Å². The summed E-state index contributed by atoms with van der Waals surface area (Å²) in [5.74, 6) is 0.545. The molecule has 0 unspecified atom stereocenters. The van der Waals surface area contributed by atoms with E-state index >= 15 is 0 Å². The van der Waals surface area contributed by atoms with Crippen LogP contribution in [-0.4, -0.2) is 19.7 Å². The monoisotopic (exact) mass is 192 g/mol. The van der Waals surface area contributed by atoms with E-state index in [1.807, 2.05) is 0 Å². The molecule has 0 heterocycles. The van der Waals surface area contributed by atoms with E-state index in [1.54, 1.807) is 19.9 Å². The Morgan fingerprint density at radius 1 is 1.21 bits per heavy atom. The van der Waals surface area contributed by atoms with Crippen molar-refractivity contribution in [1.82, 2.24) is 0 Å². The molecule has 0 saturated carbocycles. The highest BCUT2D eigenvalue weighted by Gasteiger charge is 2.12. The van der Waals surface area contributed by atoms with E-state index < -0.39 is 0 Å². The summed E-state index contributed by atoms with van der Waals surface area (Å²) in [7, 11) is 1.51. The van der Waals surface area contributed by atoms with Gasteiger partial charge in [0, 0.05) is 5.56 Å². The lowest BCUT2D eigenvalue weighted by Crippen LogP contribution is -2.00. The quantitative estimate of drug-likeness (QED) is 0.687. The number of hydrogen-bond acceptors (Lipinski definition) is 3. The summed E-state index contributed by atoms with van der Waals surface area (Å²) in [6.07, 6.45) is 1.46. The van der Waals surface area contributed by atoms with Gasteiger partial charge in [-0.05, 0) is 31.0 Å². The number of aryl methyl sites for hydroxylation is 1. The fourth-order valence-electron chi connectivity index (χ4n) is 1.48. The molecule has 0 atom stereocenters. The fraction of sp³-hybridized carbons (Fsp3) is 0.273. The largest absolute Gasteiger partial charge is 0.496 e. The predicted octanol–water partition coefficient (Wildman–Crippen LogP) is 1.94. The highest BCUT2D eigenvalue weighted by atomic mass is 16.5.